The highest BCUT2D eigenvalue weighted by Crippen LogP contribution is 2.28. The Morgan fingerprint density at radius 1 is 1.27 bits per heavy atom. The molecule has 22 heavy (non-hydrogen) atoms. The molecule has 2 aromatic rings. The van der Waals surface area contributed by atoms with E-state index in [1.807, 2.05) is 12.3 Å². The van der Waals surface area contributed by atoms with Crippen molar-refractivity contribution >= 4 is 11.0 Å². The Kier molecular flexibility index (Phi) is 6.84. The number of nitrogens with one attached hydrogen (secondary N) is 1. The van der Waals surface area contributed by atoms with Gasteiger partial charge in [0.2, 0.25) is 0 Å². The summed E-state index contributed by atoms with van der Waals surface area (Å²) in [5, 5.41) is 1.28. The van der Waals surface area contributed by atoms with Gasteiger partial charge >= 0.3 is 0 Å². The number of hydrogen-bond acceptors (Lipinski definition) is 2. The second-order valence-electron chi connectivity index (χ2n) is 5.89. The van der Waals surface area contributed by atoms with Crippen LogP contribution in [-0.2, 0) is 0 Å². The largest absolute Gasteiger partial charge is 0.346 e. The third kappa shape index (κ3) is 4.29. The lowest BCUT2D eigenvalue weighted by atomic mass is 9.94. The van der Waals surface area contributed by atoms with Crippen LogP contribution in [0.5, 0.6) is 0 Å². The molecule has 3 rings (SSSR count). The van der Waals surface area contributed by atoms with Crippen LogP contribution in [0.3, 0.4) is 0 Å². The first kappa shape index (κ1) is 16.9. The number of alkyl halides is 1. The van der Waals surface area contributed by atoms with Crippen LogP contribution >= 0.6 is 0 Å². The first-order chi connectivity index (χ1) is 10.8. The van der Waals surface area contributed by atoms with E-state index < -0.39 is 0 Å². The van der Waals surface area contributed by atoms with Gasteiger partial charge in [0.1, 0.15) is 12.3 Å². The van der Waals surface area contributed by atoms with Crippen molar-refractivity contribution in [1.82, 2.24) is 14.9 Å². The molecular weight excluding hydrogens is 277 g/mol. The second-order valence-corrected chi connectivity index (χ2v) is 5.89. The third-order valence-corrected chi connectivity index (χ3v) is 4.51. The van der Waals surface area contributed by atoms with Gasteiger partial charge in [-0.05, 0) is 62.4 Å². The van der Waals surface area contributed by atoms with E-state index >= 15 is 0 Å². The molecule has 1 saturated heterocycles. The van der Waals surface area contributed by atoms with Crippen LogP contribution in [0.1, 0.15) is 51.0 Å². The Balaban J connectivity index is 0.000000188. The smallest absolute Gasteiger partial charge is 0.137 e. The number of hydrogen-bond donors (Lipinski definition) is 1. The van der Waals surface area contributed by atoms with E-state index in [0.29, 0.717) is 12.5 Å². The molecule has 0 atom stereocenters. The molecule has 1 fully saturated rings. The predicted molar refractivity (Wildman–Crippen MR) is 91.1 cm³/mol. The fourth-order valence-corrected chi connectivity index (χ4v) is 3.17. The van der Waals surface area contributed by atoms with Gasteiger partial charge in [0.15, 0.2) is 0 Å². The summed E-state index contributed by atoms with van der Waals surface area (Å²) >= 11 is 0. The molecule has 0 aliphatic carbocycles. The van der Waals surface area contributed by atoms with Gasteiger partial charge < -0.3 is 9.88 Å². The minimum atomic E-state index is -0.181. The Labute approximate surface area is 132 Å². The zero-order chi connectivity index (χ0) is 15.8. The number of rotatable bonds is 5. The Morgan fingerprint density at radius 2 is 2.00 bits per heavy atom. The van der Waals surface area contributed by atoms with Crippen LogP contribution in [0.2, 0.25) is 0 Å². The summed E-state index contributed by atoms with van der Waals surface area (Å²) in [6.07, 6.45) is 8.85. The highest BCUT2D eigenvalue weighted by Gasteiger charge is 2.12. The highest BCUT2D eigenvalue weighted by atomic mass is 19.1. The zero-order valence-corrected chi connectivity index (χ0v) is 13.8. The monoisotopic (exact) mass is 305 g/mol. The number of H-pyrrole nitrogens is 1. The second kappa shape index (κ2) is 8.89. The molecule has 0 unspecified atom stereocenters. The van der Waals surface area contributed by atoms with Crippen LogP contribution in [0, 0.1) is 0 Å². The van der Waals surface area contributed by atoms with Crippen molar-refractivity contribution in [3.05, 3.63) is 30.1 Å². The van der Waals surface area contributed by atoms with Gasteiger partial charge in [-0.1, -0.05) is 13.8 Å². The lowest BCUT2D eigenvalue weighted by Gasteiger charge is -2.10. The van der Waals surface area contributed by atoms with Crippen molar-refractivity contribution in [1.29, 1.82) is 0 Å². The van der Waals surface area contributed by atoms with Crippen molar-refractivity contribution in [3.8, 4) is 0 Å². The van der Waals surface area contributed by atoms with Crippen molar-refractivity contribution in [2.45, 2.75) is 45.4 Å². The number of likely N-dealkylation sites (tertiary alicyclic amines) is 1. The lowest BCUT2D eigenvalue weighted by Crippen LogP contribution is -2.21. The van der Waals surface area contributed by atoms with Gasteiger partial charge in [-0.2, -0.15) is 0 Å². The van der Waals surface area contributed by atoms with Crippen LogP contribution in [0.25, 0.3) is 11.0 Å². The van der Waals surface area contributed by atoms with Gasteiger partial charge in [-0.25, -0.2) is 9.37 Å². The van der Waals surface area contributed by atoms with Gasteiger partial charge in [-0.15, -0.1) is 0 Å². The minimum absolute atomic E-state index is 0.181. The predicted octanol–water partition coefficient (Wildman–Crippen LogP) is 4.52. The van der Waals surface area contributed by atoms with Crippen LogP contribution in [0.15, 0.2) is 24.5 Å². The number of pyridine rings is 1. The quantitative estimate of drug-likeness (QED) is 0.881. The molecule has 122 valence electrons. The number of fused-ring (bicyclic) bond motifs is 1. The SMILES string of the molecule is CCC(CC)c1c[nH]c2ncccc12.FCCN1CCCC1. The topological polar surface area (TPSA) is 31.9 Å². The molecule has 4 heteroatoms. The van der Waals surface area contributed by atoms with E-state index in [0.717, 1.165) is 18.7 Å². The summed E-state index contributed by atoms with van der Waals surface area (Å²) in [7, 11) is 0. The molecule has 1 aliphatic heterocycles. The Bertz CT molecular complexity index is 542. The average molecular weight is 305 g/mol. The fourth-order valence-electron chi connectivity index (χ4n) is 3.17. The summed E-state index contributed by atoms with van der Waals surface area (Å²) in [4.78, 5) is 9.69. The van der Waals surface area contributed by atoms with E-state index in [9.17, 15) is 4.39 Å². The minimum Gasteiger partial charge on any atom is -0.346 e. The van der Waals surface area contributed by atoms with Gasteiger partial charge in [0.25, 0.3) is 0 Å². The van der Waals surface area contributed by atoms with E-state index in [1.165, 1.54) is 36.6 Å². The molecule has 3 heterocycles. The normalized spacial score (nSPS) is 15.3. The molecule has 0 saturated carbocycles. The van der Waals surface area contributed by atoms with Gasteiger partial charge in [0, 0.05) is 24.3 Å². The molecular formula is C18H28FN3. The zero-order valence-electron chi connectivity index (χ0n) is 13.8. The van der Waals surface area contributed by atoms with Crippen molar-refractivity contribution in [3.63, 3.8) is 0 Å². The first-order valence-electron chi connectivity index (χ1n) is 8.50. The Morgan fingerprint density at radius 3 is 2.64 bits per heavy atom. The maximum Gasteiger partial charge on any atom is 0.137 e. The van der Waals surface area contributed by atoms with Gasteiger partial charge in [-0.3, -0.25) is 0 Å². The first-order valence-corrected chi connectivity index (χ1v) is 8.50. The fraction of sp³-hybridized carbons (Fsp3) is 0.611. The van der Waals surface area contributed by atoms with E-state index in [2.05, 4.69) is 41.0 Å². The molecule has 1 aliphatic rings. The summed E-state index contributed by atoms with van der Waals surface area (Å²) in [6, 6.07) is 4.15. The summed E-state index contributed by atoms with van der Waals surface area (Å²) in [6.45, 7) is 7.18. The molecule has 2 aromatic heterocycles. The molecule has 0 radical (unpaired) electrons. The molecule has 0 spiro atoms. The van der Waals surface area contributed by atoms with E-state index in [-0.39, 0.29) is 6.67 Å². The highest BCUT2D eigenvalue weighted by molar-refractivity contribution is 5.80. The summed E-state index contributed by atoms with van der Waals surface area (Å²) < 4.78 is 11.6. The van der Waals surface area contributed by atoms with Crippen molar-refractivity contribution < 1.29 is 4.39 Å². The summed E-state index contributed by atoms with van der Waals surface area (Å²) in [5.74, 6) is 0.660. The maximum atomic E-state index is 11.6. The van der Waals surface area contributed by atoms with Crippen LogP contribution in [-0.4, -0.2) is 41.2 Å². The molecule has 1 N–H and O–H groups in total. The number of halogens is 1. The third-order valence-electron chi connectivity index (χ3n) is 4.51. The number of aromatic nitrogens is 2. The van der Waals surface area contributed by atoms with Crippen molar-refractivity contribution in [2.24, 2.45) is 0 Å². The van der Waals surface area contributed by atoms with Crippen molar-refractivity contribution in [2.75, 3.05) is 26.3 Å². The van der Waals surface area contributed by atoms with Crippen LogP contribution < -0.4 is 0 Å². The maximum absolute atomic E-state index is 11.6. The van der Waals surface area contributed by atoms with E-state index in [1.54, 1.807) is 0 Å². The molecule has 0 amide bonds. The molecule has 3 nitrogen and oxygen atoms in total. The number of nitrogens with zero attached hydrogens (tertiary/aromatic N) is 2. The Hall–Kier alpha value is -1.42. The van der Waals surface area contributed by atoms with Crippen LogP contribution in [0.4, 0.5) is 4.39 Å². The number of aromatic amines is 1. The standard InChI is InChI=1S/C12H16N2.C6H12FN/c1-3-9(4-2)11-8-14-12-10(11)6-5-7-13-12;7-3-6-8-4-1-2-5-8/h5-9H,3-4H2,1-2H3,(H,13,14);1-6H2. The molecule has 0 bridgehead atoms. The van der Waals surface area contributed by atoms with E-state index in [4.69, 9.17) is 0 Å². The summed E-state index contributed by atoms with van der Waals surface area (Å²) in [5.41, 5.74) is 2.42. The van der Waals surface area contributed by atoms with Gasteiger partial charge in [0.05, 0.1) is 0 Å². The average Bonchev–Trinajstić information content (AvgIpc) is 3.20. The molecule has 0 aromatic carbocycles. The lowest BCUT2D eigenvalue weighted by molar-refractivity contribution is 0.297.